The fourth-order valence-corrected chi connectivity index (χ4v) is 3.63. The van der Waals surface area contributed by atoms with E-state index in [-0.39, 0.29) is 20.4 Å². The van der Waals surface area contributed by atoms with Crippen LogP contribution >= 0.6 is 0 Å². The van der Waals surface area contributed by atoms with E-state index in [0.717, 1.165) is 6.42 Å². The maximum Gasteiger partial charge on any atom is 0.0764 e. The van der Waals surface area contributed by atoms with Crippen LogP contribution in [-0.4, -0.2) is 17.8 Å². The van der Waals surface area contributed by atoms with Crippen LogP contribution in [0.5, 0.6) is 0 Å². The number of aliphatic hydroxyl groups excluding tert-OH is 1. The van der Waals surface area contributed by atoms with Gasteiger partial charge in [-0.3, -0.25) is 0 Å². The summed E-state index contributed by atoms with van der Waals surface area (Å²) < 4.78 is 0. The zero-order chi connectivity index (χ0) is 16.5. The van der Waals surface area contributed by atoms with E-state index in [9.17, 15) is 5.11 Å². The molecule has 0 heterocycles. The molecule has 2 aromatic carbocycles. The Kier molecular flexibility index (Phi) is 5.52. The molecule has 4 rings (SSSR count). The van der Waals surface area contributed by atoms with Gasteiger partial charge in [0.05, 0.1) is 6.10 Å². The third kappa shape index (κ3) is 3.47. The number of fused-ring (bicyclic) bond motifs is 2. The van der Waals surface area contributed by atoms with Crippen LogP contribution in [0.3, 0.4) is 0 Å². The smallest absolute Gasteiger partial charge is 0.0764 e. The van der Waals surface area contributed by atoms with E-state index < -0.39 is 6.10 Å². The van der Waals surface area contributed by atoms with Crippen molar-refractivity contribution < 1.29 is 25.5 Å². The zero-order valence-electron chi connectivity index (χ0n) is 13.9. The average Bonchev–Trinajstić information content (AvgIpc) is 2.94. The SMILES string of the molecule is [NH-]CCC1=C/C(=C\c2cccc3c2CC(O)C=C3)c2ccccc21.[Re]. The summed E-state index contributed by atoms with van der Waals surface area (Å²) in [7, 11) is 0. The molecule has 0 aliphatic heterocycles. The molecule has 0 aromatic heterocycles. The Hall–Kier alpha value is -1.76. The van der Waals surface area contributed by atoms with E-state index in [4.69, 9.17) is 5.73 Å². The van der Waals surface area contributed by atoms with Crippen LogP contribution in [0.25, 0.3) is 29.0 Å². The molecule has 2 aliphatic rings. The molecule has 2 nitrogen and oxygen atoms in total. The van der Waals surface area contributed by atoms with Crippen molar-refractivity contribution in [1.82, 2.24) is 0 Å². The summed E-state index contributed by atoms with van der Waals surface area (Å²) in [6, 6.07) is 14.7. The first kappa shape index (κ1) is 18.0. The maximum absolute atomic E-state index is 9.97. The Bertz CT molecular complexity index is 879. The summed E-state index contributed by atoms with van der Waals surface area (Å²) in [4.78, 5) is 0. The van der Waals surface area contributed by atoms with Crippen LogP contribution in [0.2, 0.25) is 0 Å². The van der Waals surface area contributed by atoms with Gasteiger partial charge in [0.2, 0.25) is 0 Å². The molecule has 0 saturated carbocycles. The molecule has 2 aromatic rings. The van der Waals surface area contributed by atoms with Crippen molar-refractivity contribution >= 4 is 23.3 Å². The molecule has 3 heteroatoms. The summed E-state index contributed by atoms with van der Waals surface area (Å²) in [5, 5.41) is 9.97. The van der Waals surface area contributed by atoms with Gasteiger partial charge in [0.25, 0.3) is 0 Å². The first-order valence-electron chi connectivity index (χ1n) is 8.41. The Morgan fingerprint density at radius 3 is 2.68 bits per heavy atom. The monoisotopic (exact) mass is 501 g/mol. The summed E-state index contributed by atoms with van der Waals surface area (Å²) in [6.07, 6.45) is 9.35. The van der Waals surface area contributed by atoms with Crippen LogP contribution in [0.15, 0.2) is 54.6 Å². The molecule has 0 spiro atoms. The van der Waals surface area contributed by atoms with E-state index in [1.165, 1.54) is 39.0 Å². The predicted molar refractivity (Wildman–Crippen MR) is 101 cm³/mol. The van der Waals surface area contributed by atoms with E-state index >= 15 is 0 Å². The fourth-order valence-electron chi connectivity index (χ4n) is 3.63. The fraction of sp³-hybridized carbons (Fsp3) is 0.182. The molecule has 127 valence electrons. The molecule has 0 amide bonds. The number of hydrogen-bond acceptors (Lipinski definition) is 1. The first-order valence-corrected chi connectivity index (χ1v) is 8.41. The minimum atomic E-state index is -0.401. The Morgan fingerprint density at radius 2 is 1.88 bits per heavy atom. The number of rotatable bonds is 3. The van der Waals surface area contributed by atoms with Crippen molar-refractivity contribution in [3.05, 3.63) is 88.2 Å². The van der Waals surface area contributed by atoms with Gasteiger partial charge in [-0.25, -0.2) is 0 Å². The molecule has 1 atom stereocenters. The van der Waals surface area contributed by atoms with Crippen LogP contribution in [0, 0.1) is 0 Å². The quantitative estimate of drug-likeness (QED) is 0.634. The second kappa shape index (κ2) is 7.64. The van der Waals surface area contributed by atoms with Gasteiger partial charge in [0.15, 0.2) is 0 Å². The Balaban J connectivity index is 0.00000182. The van der Waals surface area contributed by atoms with Crippen LogP contribution < -0.4 is 0 Å². The van der Waals surface area contributed by atoms with E-state index in [2.05, 4.69) is 54.6 Å². The molecular weight excluding hydrogens is 480 g/mol. The maximum atomic E-state index is 9.97. The van der Waals surface area contributed by atoms with Crippen molar-refractivity contribution in [2.75, 3.05) is 6.54 Å². The molecule has 0 saturated heterocycles. The van der Waals surface area contributed by atoms with Crippen LogP contribution in [0.4, 0.5) is 0 Å². The predicted octanol–water partition coefficient (Wildman–Crippen LogP) is 4.99. The second-order valence-electron chi connectivity index (χ2n) is 6.36. The molecule has 2 aliphatic carbocycles. The number of benzene rings is 2. The van der Waals surface area contributed by atoms with Gasteiger partial charge in [0, 0.05) is 26.8 Å². The molecule has 1 radical (unpaired) electrons. The number of aliphatic hydroxyl groups is 1. The summed E-state index contributed by atoms with van der Waals surface area (Å²) in [5.41, 5.74) is 16.1. The number of hydrogen-bond donors (Lipinski definition) is 1. The van der Waals surface area contributed by atoms with E-state index in [1.54, 1.807) is 0 Å². The van der Waals surface area contributed by atoms with Crippen molar-refractivity contribution in [2.24, 2.45) is 0 Å². The van der Waals surface area contributed by atoms with Crippen LogP contribution in [0.1, 0.15) is 34.2 Å². The standard InChI is InChI=1S/C22H20NO.Re/c23-11-10-17-13-18(21-7-2-1-6-20(17)21)12-16-5-3-4-15-8-9-19(24)14-22(15)16;/h1-9,12-13,19,23-24H,10-11,14H2;/q-1;/b18-12+;. The van der Waals surface area contributed by atoms with Gasteiger partial charge in [-0.15, -0.1) is 6.54 Å². The van der Waals surface area contributed by atoms with Gasteiger partial charge in [0.1, 0.15) is 0 Å². The van der Waals surface area contributed by atoms with Crippen molar-refractivity contribution in [3.63, 3.8) is 0 Å². The van der Waals surface area contributed by atoms with Gasteiger partial charge in [-0.05, 0) is 51.5 Å². The van der Waals surface area contributed by atoms with Gasteiger partial charge in [-0.2, -0.15) is 0 Å². The van der Waals surface area contributed by atoms with Crippen molar-refractivity contribution in [3.8, 4) is 0 Å². The van der Waals surface area contributed by atoms with Crippen LogP contribution in [-0.2, 0) is 26.8 Å². The van der Waals surface area contributed by atoms with Crippen molar-refractivity contribution in [1.29, 1.82) is 0 Å². The summed E-state index contributed by atoms with van der Waals surface area (Å²) in [6.45, 7) is 0.408. The van der Waals surface area contributed by atoms with E-state index in [1.807, 2.05) is 12.2 Å². The molecule has 1 unspecified atom stereocenters. The number of nitrogens with one attached hydrogen (secondary N) is 1. The third-order valence-corrected chi connectivity index (χ3v) is 4.78. The summed E-state index contributed by atoms with van der Waals surface area (Å²) in [5.74, 6) is 0. The summed E-state index contributed by atoms with van der Waals surface area (Å²) >= 11 is 0. The minimum Gasteiger partial charge on any atom is -0.677 e. The Morgan fingerprint density at radius 1 is 1.08 bits per heavy atom. The average molecular weight is 501 g/mol. The normalized spacial score (nSPS) is 19.2. The zero-order valence-corrected chi connectivity index (χ0v) is 16.6. The molecule has 0 bridgehead atoms. The first-order chi connectivity index (χ1) is 11.8. The largest absolute Gasteiger partial charge is 0.677 e. The molecule has 25 heavy (non-hydrogen) atoms. The Labute approximate surface area is 162 Å². The molecule has 0 fully saturated rings. The molecule has 2 N–H and O–H groups in total. The minimum absolute atomic E-state index is 0. The van der Waals surface area contributed by atoms with Gasteiger partial charge in [-0.1, -0.05) is 60.7 Å². The van der Waals surface area contributed by atoms with Gasteiger partial charge >= 0.3 is 0 Å². The van der Waals surface area contributed by atoms with Gasteiger partial charge < -0.3 is 10.8 Å². The van der Waals surface area contributed by atoms with Crippen molar-refractivity contribution in [2.45, 2.75) is 18.9 Å². The number of allylic oxidation sites excluding steroid dienone is 2. The topological polar surface area (TPSA) is 44.0 Å². The third-order valence-electron chi connectivity index (χ3n) is 4.78. The molecular formula is C22H20NORe-. The second-order valence-corrected chi connectivity index (χ2v) is 6.36. The van der Waals surface area contributed by atoms with E-state index in [0.29, 0.717) is 13.0 Å².